The highest BCUT2D eigenvalue weighted by Gasteiger charge is 1.95. The molecule has 0 saturated heterocycles. The fourth-order valence-electron chi connectivity index (χ4n) is 1.26. The molecule has 1 N–H and O–H groups in total. The van der Waals surface area contributed by atoms with Gasteiger partial charge in [0.05, 0.1) is 5.69 Å². The molecular weight excluding hydrogens is 208 g/mol. The molecule has 0 radical (unpaired) electrons. The molecule has 2 aromatic heterocycles. The number of hydrogen-bond donors (Lipinski definition) is 1. The zero-order valence-electron chi connectivity index (χ0n) is 8.26. The fourth-order valence-corrected chi connectivity index (χ4v) is 1.71. The van der Waals surface area contributed by atoms with Gasteiger partial charge in [0.25, 0.3) is 0 Å². The van der Waals surface area contributed by atoms with E-state index >= 15 is 0 Å². The van der Waals surface area contributed by atoms with Crippen molar-refractivity contribution in [2.24, 2.45) is 0 Å². The molecule has 0 aliphatic heterocycles. The van der Waals surface area contributed by atoms with E-state index in [1.54, 1.807) is 6.20 Å². The van der Waals surface area contributed by atoms with Gasteiger partial charge in [0, 0.05) is 24.3 Å². The highest BCUT2D eigenvalue weighted by Crippen LogP contribution is 1.97. The Labute approximate surface area is 92.5 Å². The number of pyridine rings is 1. The minimum Gasteiger partial charge on any atom is -0.311 e. The Kier molecular flexibility index (Phi) is 3.76. The summed E-state index contributed by atoms with van der Waals surface area (Å²) in [5, 5.41) is 9.22. The molecule has 4 nitrogen and oxygen atoms in total. The van der Waals surface area contributed by atoms with Crippen LogP contribution in [0.5, 0.6) is 0 Å². The van der Waals surface area contributed by atoms with Crippen LogP contribution in [0.2, 0.25) is 0 Å². The number of hydrogen-bond acceptors (Lipinski definition) is 5. The molecular formula is C10H12N4S. The molecule has 2 heterocycles. The van der Waals surface area contributed by atoms with Crippen molar-refractivity contribution >= 4 is 11.5 Å². The van der Waals surface area contributed by atoms with E-state index in [1.165, 1.54) is 17.1 Å². The minimum absolute atomic E-state index is 0.788. The molecule has 0 unspecified atom stereocenters. The second-order valence-electron chi connectivity index (χ2n) is 3.18. The zero-order chi connectivity index (χ0) is 10.3. The second-order valence-corrected chi connectivity index (χ2v) is 3.79. The average molecular weight is 220 g/mol. The maximum atomic E-state index is 4.06. The van der Waals surface area contributed by atoms with Crippen LogP contribution in [0.25, 0.3) is 0 Å². The summed E-state index contributed by atoms with van der Waals surface area (Å²) < 4.78 is 3.80. The normalized spacial score (nSPS) is 10.4. The number of aromatic nitrogens is 3. The van der Waals surface area contributed by atoms with Crippen molar-refractivity contribution in [2.75, 3.05) is 6.54 Å². The van der Waals surface area contributed by atoms with Gasteiger partial charge in [-0.3, -0.25) is 4.98 Å². The van der Waals surface area contributed by atoms with Crippen LogP contribution in [0.4, 0.5) is 0 Å². The largest absolute Gasteiger partial charge is 0.311 e. The van der Waals surface area contributed by atoms with Crippen LogP contribution in [-0.4, -0.2) is 21.1 Å². The quantitative estimate of drug-likeness (QED) is 0.771. The number of nitrogens with one attached hydrogen (secondary N) is 1. The predicted molar refractivity (Wildman–Crippen MR) is 59.6 cm³/mol. The summed E-state index contributed by atoms with van der Waals surface area (Å²) in [7, 11) is 0. The number of rotatable bonds is 5. The molecule has 0 aliphatic carbocycles. The third kappa shape index (κ3) is 3.38. The molecule has 2 aromatic rings. The summed E-state index contributed by atoms with van der Waals surface area (Å²) in [6.07, 6.45) is 4.68. The Hall–Kier alpha value is -1.33. The van der Waals surface area contributed by atoms with Gasteiger partial charge < -0.3 is 5.32 Å². The summed E-state index contributed by atoms with van der Waals surface area (Å²) in [6, 6.07) is 4.04. The van der Waals surface area contributed by atoms with Gasteiger partial charge in [0.1, 0.15) is 0 Å². The number of nitrogens with zero attached hydrogens (tertiary/aromatic N) is 3. The Morgan fingerprint density at radius 3 is 3.13 bits per heavy atom. The van der Waals surface area contributed by atoms with E-state index in [4.69, 9.17) is 0 Å². The van der Waals surface area contributed by atoms with Crippen molar-refractivity contribution in [3.63, 3.8) is 0 Å². The Bertz CT molecular complexity index is 374. The van der Waals surface area contributed by atoms with Crippen LogP contribution < -0.4 is 5.32 Å². The smallest absolute Gasteiger partial charge is 0.0893 e. The van der Waals surface area contributed by atoms with E-state index in [2.05, 4.69) is 26.0 Å². The van der Waals surface area contributed by atoms with Gasteiger partial charge in [-0.25, -0.2) is 0 Å². The summed E-state index contributed by atoms with van der Waals surface area (Å²) >= 11 is 1.38. The molecule has 0 saturated carbocycles. The highest BCUT2D eigenvalue weighted by molar-refractivity contribution is 7.03. The van der Waals surface area contributed by atoms with Gasteiger partial charge in [-0.15, -0.1) is 5.10 Å². The predicted octanol–water partition coefficient (Wildman–Crippen LogP) is 1.27. The Morgan fingerprint density at radius 1 is 1.40 bits per heavy atom. The monoisotopic (exact) mass is 220 g/mol. The lowest BCUT2D eigenvalue weighted by molar-refractivity contribution is 0.672. The molecule has 5 heteroatoms. The molecule has 0 atom stereocenters. The van der Waals surface area contributed by atoms with E-state index in [-0.39, 0.29) is 0 Å². The van der Waals surface area contributed by atoms with Gasteiger partial charge >= 0.3 is 0 Å². The van der Waals surface area contributed by atoms with Crippen LogP contribution in [0.1, 0.15) is 11.3 Å². The third-order valence-electron chi connectivity index (χ3n) is 2.02. The molecule has 2 rings (SSSR count). The summed E-state index contributed by atoms with van der Waals surface area (Å²) in [5.74, 6) is 0. The van der Waals surface area contributed by atoms with Crippen molar-refractivity contribution in [1.82, 2.24) is 19.9 Å². The van der Waals surface area contributed by atoms with Gasteiger partial charge in [-0.1, -0.05) is 10.6 Å². The lowest BCUT2D eigenvalue weighted by Gasteiger charge is -2.01. The maximum Gasteiger partial charge on any atom is 0.0893 e. The molecule has 0 spiro atoms. The van der Waals surface area contributed by atoms with E-state index in [0.717, 1.165) is 25.2 Å². The maximum absolute atomic E-state index is 4.06. The summed E-state index contributed by atoms with van der Waals surface area (Å²) in [4.78, 5) is 4.06. The minimum atomic E-state index is 0.788. The highest BCUT2D eigenvalue weighted by atomic mass is 32.1. The van der Waals surface area contributed by atoms with Crippen molar-refractivity contribution in [2.45, 2.75) is 13.0 Å². The fraction of sp³-hybridized carbons (Fsp3) is 0.300. The van der Waals surface area contributed by atoms with Gasteiger partial charge in [-0.05, 0) is 36.1 Å². The van der Waals surface area contributed by atoms with Crippen LogP contribution in [-0.2, 0) is 13.0 Å². The lowest BCUT2D eigenvalue weighted by atomic mass is 10.2. The van der Waals surface area contributed by atoms with E-state index in [1.807, 2.05) is 17.6 Å². The van der Waals surface area contributed by atoms with Crippen LogP contribution >= 0.6 is 11.5 Å². The first-order valence-electron chi connectivity index (χ1n) is 4.81. The topological polar surface area (TPSA) is 50.7 Å². The average Bonchev–Trinajstić information content (AvgIpc) is 2.79. The van der Waals surface area contributed by atoms with E-state index in [9.17, 15) is 0 Å². The summed E-state index contributed by atoms with van der Waals surface area (Å²) in [5.41, 5.74) is 2.26. The molecule has 0 aliphatic rings. The van der Waals surface area contributed by atoms with Crippen molar-refractivity contribution in [3.8, 4) is 0 Å². The van der Waals surface area contributed by atoms with Crippen molar-refractivity contribution in [1.29, 1.82) is 0 Å². The zero-order valence-corrected chi connectivity index (χ0v) is 9.07. The van der Waals surface area contributed by atoms with Crippen molar-refractivity contribution in [3.05, 3.63) is 41.2 Å². The molecule has 0 fully saturated rings. The first-order chi connectivity index (χ1) is 7.45. The molecule has 0 amide bonds. The van der Waals surface area contributed by atoms with E-state index < -0.39 is 0 Å². The van der Waals surface area contributed by atoms with Gasteiger partial charge in [0.2, 0.25) is 0 Å². The molecule has 0 aromatic carbocycles. The Morgan fingerprint density at radius 2 is 2.40 bits per heavy atom. The summed E-state index contributed by atoms with van der Waals surface area (Å²) in [6.45, 7) is 1.72. The first kappa shape index (κ1) is 10.2. The van der Waals surface area contributed by atoms with Gasteiger partial charge in [-0.2, -0.15) is 0 Å². The van der Waals surface area contributed by atoms with Crippen LogP contribution in [0.15, 0.2) is 29.9 Å². The third-order valence-corrected chi connectivity index (χ3v) is 2.58. The van der Waals surface area contributed by atoms with Crippen LogP contribution in [0, 0.1) is 0 Å². The molecule has 0 bridgehead atoms. The van der Waals surface area contributed by atoms with Crippen LogP contribution in [0.3, 0.4) is 0 Å². The second kappa shape index (κ2) is 5.53. The first-order valence-corrected chi connectivity index (χ1v) is 5.64. The molecule has 15 heavy (non-hydrogen) atoms. The standard InChI is InChI=1S/C10H12N4S/c1-2-9(6-11-4-1)3-5-12-7-10-8-15-14-13-10/h1-2,4,6,8,12H,3,5,7H2. The van der Waals surface area contributed by atoms with Gasteiger partial charge in [0.15, 0.2) is 0 Å². The SMILES string of the molecule is c1cncc(CCNCc2csnn2)c1. The molecule has 78 valence electrons. The lowest BCUT2D eigenvalue weighted by Crippen LogP contribution is -2.16. The van der Waals surface area contributed by atoms with Crippen molar-refractivity contribution < 1.29 is 0 Å². The Balaban J connectivity index is 1.68. The van der Waals surface area contributed by atoms with E-state index in [0.29, 0.717) is 0 Å².